The summed E-state index contributed by atoms with van der Waals surface area (Å²) in [6.07, 6.45) is 0.0564. The molecule has 0 radical (unpaired) electrons. The molecular formula is C38H47N9O10. The monoisotopic (exact) mass is 789 g/mol. The van der Waals surface area contributed by atoms with Crippen molar-refractivity contribution < 1.29 is 38.9 Å². The number of hydrogen-bond donors (Lipinski definition) is 9. The number of likely N-dealkylation sites (N-methyl/N-ethyl adjacent to an activating group) is 1. The number of amides is 5. The molecule has 304 valence electrons. The Hall–Kier alpha value is -6.31. The van der Waals surface area contributed by atoms with Crippen LogP contribution in [0.1, 0.15) is 37.1 Å². The van der Waals surface area contributed by atoms with E-state index < -0.39 is 83.6 Å². The van der Waals surface area contributed by atoms with Gasteiger partial charge in [-0.15, -0.1) is 0 Å². The van der Waals surface area contributed by atoms with Crippen molar-refractivity contribution in [3.05, 3.63) is 105 Å². The number of benzene rings is 2. The fraction of sp³-hybridized carbons (Fsp3) is 0.395. The summed E-state index contributed by atoms with van der Waals surface area (Å²) in [7, 11) is 1.41. The number of aliphatic carboxylic acids is 1. The first-order valence-electron chi connectivity index (χ1n) is 18.3. The van der Waals surface area contributed by atoms with E-state index >= 15 is 0 Å². The lowest BCUT2D eigenvalue weighted by molar-refractivity contribution is -0.139. The highest BCUT2D eigenvalue weighted by Crippen LogP contribution is 2.27. The van der Waals surface area contributed by atoms with E-state index in [1.54, 1.807) is 6.20 Å². The zero-order chi connectivity index (χ0) is 41.2. The Morgan fingerprint density at radius 3 is 2.39 bits per heavy atom. The normalized spacial score (nSPS) is 18.5. The largest absolute Gasteiger partial charge is 0.480 e. The Morgan fingerprint density at radius 2 is 1.68 bits per heavy atom. The van der Waals surface area contributed by atoms with Crippen molar-refractivity contribution in [2.45, 2.75) is 75.2 Å². The number of carbonyl (C=O) groups is 5. The molecule has 0 saturated carbocycles. The molecule has 4 aromatic rings. The van der Waals surface area contributed by atoms with Crippen LogP contribution in [0.2, 0.25) is 0 Å². The van der Waals surface area contributed by atoms with Gasteiger partial charge in [0.2, 0.25) is 17.7 Å². The van der Waals surface area contributed by atoms with Crippen LogP contribution in [-0.4, -0.2) is 116 Å². The molecule has 2 aromatic carbocycles. The molecule has 1 aliphatic rings. The highest BCUT2D eigenvalue weighted by atomic mass is 16.5. The van der Waals surface area contributed by atoms with Crippen molar-refractivity contribution >= 4 is 40.6 Å². The van der Waals surface area contributed by atoms with Crippen LogP contribution in [-0.2, 0) is 36.8 Å². The quantitative estimate of drug-likeness (QED) is 0.0630. The molecule has 5 rings (SSSR count). The second kappa shape index (κ2) is 19.0. The van der Waals surface area contributed by atoms with Gasteiger partial charge in [-0.25, -0.2) is 14.4 Å². The van der Waals surface area contributed by atoms with Crippen molar-refractivity contribution in [2.24, 2.45) is 5.73 Å². The van der Waals surface area contributed by atoms with Gasteiger partial charge in [-0.05, 0) is 37.0 Å². The number of fused-ring (bicyclic) bond motifs is 1. The smallest absolute Gasteiger partial charge is 0.330 e. The number of H-pyrrole nitrogens is 2. The van der Waals surface area contributed by atoms with Gasteiger partial charge in [0, 0.05) is 55.8 Å². The van der Waals surface area contributed by atoms with Crippen LogP contribution in [0, 0.1) is 0 Å². The Kier molecular flexibility index (Phi) is 14.0. The van der Waals surface area contributed by atoms with Crippen LogP contribution >= 0.6 is 0 Å². The number of aromatic amines is 2. The van der Waals surface area contributed by atoms with Crippen molar-refractivity contribution in [3.63, 3.8) is 0 Å². The molecule has 0 bridgehead atoms. The average molecular weight is 790 g/mol. The number of nitrogens with two attached hydrogens (primary N) is 1. The number of nitrogens with zero attached hydrogens (tertiary/aromatic N) is 2. The van der Waals surface area contributed by atoms with Gasteiger partial charge in [0.1, 0.15) is 24.2 Å². The van der Waals surface area contributed by atoms with E-state index in [2.05, 4.69) is 31.2 Å². The molecule has 0 aliphatic carbocycles. The molecule has 57 heavy (non-hydrogen) atoms. The predicted molar refractivity (Wildman–Crippen MR) is 206 cm³/mol. The minimum absolute atomic E-state index is 0.00684. The topological polar surface area (TPSA) is 283 Å². The van der Waals surface area contributed by atoms with Crippen LogP contribution < -0.4 is 38.2 Å². The van der Waals surface area contributed by atoms with Crippen molar-refractivity contribution in [3.8, 4) is 0 Å². The van der Waals surface area contributed by atoms with Crippen LogP contribution in [0.4, 0.5) is 4.79 Å². The lowest BCUT2D eigenvalue weighted by Crippen LogP contribution is -2.62. The number of ether oxygens (including phenoxy) is 1. The zero-order valence-corrected chi connectivity index (χ0v) is 31.3. The Balaban J connectivity index is 1.31. The minimum Gasteiger partial charge on any atom is -0.480 e. The summed E-state index contributed by atoms with van der Waals surface area (Å²) in [6, 6.07) is 11.6. The van der Waals surface area contributed by atoms with Crippen LogP contribution in [0.3, 0.4) is 0 Å². The molecule has 0 unspecified atom stereocenters. The first kappa shape index (κ1) is 41.8. The second-order valence-electron chi connectivity index (χ2n) is 13.8. The van der Waals surface area contributed by atoms with E-state index in [-0.39, 0.29) is 32.4 Å². The minimum atomic E-state index is -1.40. The van der Waals surface area contributed by atoms with E-state index in [9.17, 15) is 43.8 Å². The molecular weight excluding hydrogens is 742 g/mol. The molecule has 10 N–H and O–H groups in total. The summed E-state index contributed by atoms with van der Waals surface area (Å²) in [5.74, 6) is -3.37. The maximum absolute atomic E-state index is 14.1. The molecule has 0 spiro atoms. The maximum atomic E-state index is 14.1. The third-order valence-corrected chi connectivity index (χ3v) is 9.92. The summed E-state index contributed by atoms with van der Waals surface area (Å²) in [4.78, 5) is 96.4. The standard InChI is InChI=1S/C38H47N9O10/c1-21(46(2)31(50)18-39)32(34(52)41-20-24-17-29(48)35(57-24)47-15-14-30(49)44-38(47)56)45-33(51)27(13-12-22-8-4-3-5-9-22)42-37(55)43-28(36(53)54)16-23-19-40-26-11-7-6-10-25(23)26/h3-11,14-15,19,21,24,27-29,32,35,40,48H,12-13,16-18,20,39H2,1-2H3,(H,41,52)(H,45,51)(H,53,54)(H2,42,43,55)(H,44,49,56)/t21-,24+,27-,28-,29+,32-,35+/m0/s1. The number of carboxylic acids is 1. The first-order valence-corrected chi connectivity index (χ1v) is 18.3. The summed E-state index contributed by atoms with van der Waals surface area (Å²) >= 11 is 0. The molecule has 3 heterocycles. The lowest BCUT2D eigenvalue weighted by atomic mass is 10.0. The first-order chi connectivity index (χ1) is 27.2. The summed E-state index contributed by atoms with van der Waals surface area (Å²) in [5.41, 5.74) is 6.47. The lowest BCUT2D eigenvalue weighted by Gasteiger charge is -2.33. The number of hydrogen-bond acceptors (Lipinski definition) is 10. The molecule has 19 heteroatoms. The summed E-state index contributed by atoms with van der Waals surface area (Å²) in [5, 5.41) is 31.8. The average Bonchev–Trinajstić information content (AvgIpc) is 3.78. The second-order valence-corrected chi connectivity index (χ2v) is 13.8. The number of carboxylic acid groups (broad SMARTS) is 1. The highest BCUT2D eigenvalue weighted by molar-refractivity contribution is 5.93. The number of urea groups is 1. The molecule has 5 amide bonds. The fourth-order valence-electron chi connectivity index (χ4n) is 6.62. The third-order valence-electron chi connectivity index (χ3n) is 9.92. The van der Waals surface area contributed by atoms with Gasteiger partial charge in [0.15, 0.2) is 6.23 Å². The summed E-state index contributed by atoms with van der Waals surface area (Å²) in [6.45, 7) is 0.963. The van der Waals surface area contributed by atoms with Crippen LogP contribution in [0.5, 0.6) is 0 Å². The number of aliphatic hydroxyl groups is 1. The molecule has 1 fully saturated rings. The van der Waals surface area contributed by atoms with Gasteiger partial charge < -0.3 is 51.8 Å². The maximum Gasteiger partial charge on any atom is 0.330 e. The van der Waals surface area contributed by atoms with Crippen molar-refractivity contribution in [1.82, 2.24) is 40.7 Å². The number of para-hydroxylation sites is 1. The van der Waals surface area contributed by atoms with Gasteiger partial charge in [0.05, 0.1) is 18.7 Å². The Bertz CT molecular complexity index is 2170. The molecule has 1 saturated heterocycles. The Morgan fingerprint density at radius 1 is 0.982 bits per heavy atom. The van der Waals surface area contributed by atoms with Gasteiger partial charge in [-0.1, -0.05) is 48.5 Å². The van der Waals surface area contributed by atoms with Crippen molar-refractivity contribution in [2.75, 3.05) is 20.1 Å². The summed E-state index contributed by atoms with van der Waals surface area (Å²) < 4.78 is 6.84. The van der Waals surface area contributed by atoms with E-state index in [1.165, 1.54) is 25.1 Å². The van der Waals surface area contributed by atoms with E-state index in [0.717, 1.165) is 27.1 Å². The number of rotatable bonds is 17. The predicted octanol–water partition coefficient (Wildman–Crippen LogP) is -0.931. The van der Waals surface area contributed by atoms with Gasteiger partial charge in [0.25, 0.3) is 5.56 Å². The third kappa shape index (κ3) is 10.7. The van der Waals surface area contributed by atoms with Crippen molar-refractivity contribution in [1.29, 1.82) is 0 Å². The number of aryl methyl sites for hydroxylation is 1. The van der Waals surface area contributed by atoms with E-state index in [4.69, 9.17) is 10.5 Å². The fourth-order valence-corrected chi connectivity index (χ4v) is 6.62. The van der Waals surface area contributed by atoms with Gasteiger partial charge >= 0.3 is 17.7 Å². The highest BCUT2D eigenvalue weighted by Gasteiger charge is 2.38. The molecule has 2 aromatic heterocycles. The number of nitrogens with one attached hydrogen (secondary N) is 6. The van der Waals surface area contributed by atoms with Gasteiger partial charge in [-0.3, -0.25) is 28.7 Å². The molecule has 1 aliphatic heterocycles. The SMILES string of the molecule is C[C@@H]([C@H](NC(=O)[C@H](CCc1ccccc1)NC(=O)N[C@@H](Cc1c[nH]c2ccccc12)C(=O)O)C(=O)NC[C@H]1C[C@@H](O)[C@H](n2ccc(=O)[nH]c2=O)O1)N(C)C(=O)CN. The number of aromatic nitrogens is 3. The number of aliphatic hydroxyl groups excluding tert-OH is 1. The Labute approximate surface area is 326 Å². The van der Waals surface area contributed by atoms with E-state index in [1.807, 2.05) is 54.6 Å². The molecule has 19 nitrogen and oxygen atoms in total. The number of carbonyl (C=O) groups excluding carboxylic acids is 4. The molecule has 7 atom stereocenters. The van der Waals surface area contributed by atoms with Gasteiger partial charge in [-0.2, -0.15) is 0 Å². The van der Waals surface area contributed by atoms with Crippen LogP contribution in [0.25, 0.3) is 10.9 Å². The zero-order valence-electron chi connectivity index (χ0n) is 31.3. The van der Waals surface area contributed by atoms with E-state index in [0.29, 0.717) is 12.0 Å². The van der Waals surface area contributed by atoms with Crippen LogP contribution in [0.15, 0.2) is 82.6 Å².